The number of benzene rings is 2. The smallest absolute Gasteiger partial charge is 0.222 e. The topological polar surface area (TPSA) is 75.9 Å². The zero-order chi connectivity index (χ0) is 26.0. The normalized spacial score (nSPS) is 17.8. The number of anilines is 1. The lowest BCUT2D eigenvalue weighted by atomic mass is 9.88. The summed E-state index contributed by atoms with van der Waals surface area (Å²) in [5, 5.41) is 0. The minimum atomic E-state index is -0.339. The van der Waals surface area contributed by atoms with Crippen molar-refractivity contribution in [1.29, 1.82) is 0 Å². The highest BCUT2D eigenvalue weighted by Gasteiger charge is 2.29. The third-order valence-electron chi connectivity index (χ3n) is 7.93. The molecule has 2 aromatic carbocycles. The number of nitrogens with two attached hydrogens (primary N) is 1. The molecule has 1 atom stereocenters. The Balaban J connectivity index is 1.37. The maximum Gasteiger partial charge on any atom is 0.222 e. The minimum Gasteiger partial charge on any atom is -0.489 e. The zero-order valence-corrected chi connectivity index (χ0v) is 22.3. The number of hydrogen-bond donors (Lipinski definition) is 1. The van der Waals surface area contributed by atoms with E-state index in [0.29, 0.717) is 19.1 Å². The predicted molar refractivity (Wildman–Crippen MR) is 148 cm³/mol. The third kappa shape index (κ3) is 8.24. The molecule has 200 valence electrons. The van der Waals surface area contributed by atoms with E-state index in [0.717, 1.165) is 49.7 Å². The number of carbonyl (C=O) groups excluding carboxylic acids is 2. The van der Waals surface area contributed by atoms with Gasteiger partial charge in [0.15, 0.2) is 0 Å². The van der Waals surface area contributed by atoms with Crippen molar-refractivity contribution in [3.63, 3.8) is 0 Å². The van der Waals surface area contributed by atoms with Gasteiger partial charge in [-0.15, -0.1) is 0 Å². The molecular weight excluding hydrogens is 462 g/mol. The van der Waals surface area contributed by atoms with Crippen molar-refractivity contribution in [3.8, 4) is 5.75 Å². The Bertz CT molecular complexity index is 981. The maximum atomic E-state index is 12.8. The van der Waals surface area contributed by atoms with Crippen molar-refractivity contribution < 1.29 is 14.3 Å². The molecule has 1 aliphatic carbocycles. The van der Waals surface area contributed by atoms with Crippen LogP contribution in [0.2, 0.25) is 0 Å². The van der Waals surface area contributed by atoms with Gasteiger partial charge in [-0.05, 0) is 67.3 Å². The second-order valence-electron chi connectivity index (χ2n) is 11.0. The summed E-state index contributed by atoms with van der Waals surface area (Å²) in [6, 6.07) is 19.2. The molecule has 6 heteroatoms. The first-order valence-corrected chi connectivity index (χ1v) is 14.1. The molecule has 2 fully saturated rings. The van der Waals surface area contributed by atoms with Crippen molar-refractivity contribution in [2.45, 2.75) is 77.4 Å². The van der Waals surface area contributed by atoms with Crippen molar-refractivity contribution in [2.75, 3.05) is 24.5 Å². The quantitative estimate of drug-likeness (QED) is 0.435. The Kier molecular flexibility index (Phi) is 9.86. The van der Waals surface area contributed by atoms with Crippen LogP contribution in [-0.2, 0) is 16.2 Å². The summed E-state index contributed by atoms with van der Waals surface area (Å²) in [6.07, 6.45) is 9.24. The highest BCUT2D eigenvalue weighted by atomic mass is 16.5. The Labute approximate surface area is 222 Å². The van der Waals surface area contributed by atoms with Crippen LogP contribution in [0.1, 0.15) is 70.3 Å². The van der Waals surface area contributed by atoms with E-state index in [-0.39, 0.29) is 24.2 Å². The molecule has 2 aromatic rings. The van der Waals surface area contributed by atoms with Crippen LogP contribution in [0.4, 0.5) is 5.69 Å². The Morgan fingerprint density at radius 3 is 2.27 bits per heavy atom. The Morgan fingerprint density at radius 2 is 1.62 bits per heavy atom. The van der Waals surface area contributed by atoms with Crippen molar-refractivity contribution >= 4 is 17.5 Å². The van der Waals surface area contributed by atoms with Crippen LogP contribution >= 0.6 is 0 Å². The Morgan fingerprint density at radius 1 is 0.946 bits per heavy atom. The van der Waals surface area contributed by atoms with Crippen LogP contribution in [0.5, 0.6) is 5.75 Å². The van der Waals surface area contributed by atoms with E-state index in [9.17, 15) is 9.59 Å². The van der Waals surface area contributed by atoms with Gasteiger partial charge in [-0.25, -0.2) is 0 Å². The molecule has 0 radical (unpaired) electrons. The summed E-state index contributed by atoms with van der Waals surface area (Å²) < 4.78 is 6.03. The number of hydrogen-bond acceptors (Lipinski definition) is 4. The van der Waals surface area contributed by atoms with Crippen molar-refractivity contribution in [3.05, 3.63) is 60.2 Å². The fourth-order valence-electron chi connectivity index (χ4n) is 5.86. The van der Waals surface area contributed by atoms with Crippen molar-refractivity contribution in [2.24, 2.45) is 17.6 Å². The second kappa shape index (κ2) is 13.5. The summed E-state index contributed by atoms with van der Waals surface area (Å²) in [6.45, 7) is 5.11. The second-order valence-corrected chi connectivity index (χ2v) is 11.0. The minimum absolute atomic E-state index is 0.00634. The van der Waals surface area contributed by atoms with Gasteiger partial charge >= 0.3 is 0 Å². The molecule has 37 heavy (non-hydrogen) atoms. The number of primary amides is 1. The van der Waals surface area contributed by atoms with E-state index in [1.165, 1.54) is 37.8 Å². The van der Waals surface area contributed by atoms with Gasteiger partial charge in [-0.3, -0.25) is 9.59 Å². The first-order chi connectivity index (χ1) is 18.0. The highest BCUT2D eigenvalue weighted by Crippen LogP contribution is 2.31. The van der Waals surface area contributed by atoms with Gasteiger partial charge in [0, 0.05) is 44.2 Å². The van der Waals surface area contributed by atoms with Gasteiger partial charge in [0.05, 0.1) is 0 Å². The van der Waals surface area contributed by atoms with Gasteiger partial charge in [-0.2, -0.15) is 0 Å². The van der Waals surface area contributed by atoms with E-state index >= 15 is 0 Å². The molecule has 2 aliphatic rings. The number of ether oxygens (including phenoxy) is 1. The van der Waals surface area contributed by atoms with Crippen molar-refractivity contribution in [1.82, 2.24) is 4.90 Å². The maximum absolute atomic E-state index is 12.8. The van der Waals surface area contributed by atoms with Gasteiger partial charge in [0.1, 0.15) is 12.4 Å². The molecule has 2 N–H and O–H groups in total. The fourth-order valence-corrected chi connectivity index (χ4v) is 5.86. The first-order valence-electron chi connectivity index (χ1n) is 14.1. The molecule has 1 saturated carbocycles. The lowest BCUT2D eigenvalue weighted by Crippen LogP contribution is -2.48. The van der Waals surface area contributed by atoms with Gasteiger partial charge in [0.2, 0.25) is 11.8 Å². The van der Waals surface area contributed by atoms with Gasteiger partial charge in [-0.1, -0.05) is 56.5 Å². The molecular formula is C31H43N3O3. The molecule has 1 heterocycles. The third-order valence-corrected chi connectivity index (χ3v) is 7.93. The number of rotatable bonds is 11. The van der Waals surface area contributed by atoms with E-state index in [4.69, 9.17) is 10.5 Å². The van der Waals surface area contributed by atoms with E-state index < -0.39 is 0 Å². The van der Waals surface area contributed by atoms with Crippen LogP contribution in [0.3, 0.4) is 0 Å². The summed E-state index contributed by atoms with van der Waals surface area (Å²) in [7, 11) is 0. The molecule has 1 saturated heterocycles. The molecule has 4 rings (SSSR count). The molecule has 0 bridgehead atoms. The molecule has 0 aromatic heterocycles. The fraction of sp³-hybridized carbons (Fsp3) is 0.548. The van der Waals surface area contributed by atoms with E-state index in [2.05, 4.69) is 41.3 Å². The standard InChI is InChI=1S/C31H43N3O3/c1-24(20-30(32)35)21-31(36)33-18-16-28(17-19-33)34(22-25-8-4-2-5-9-25)27-12-14-29(15-13-27)37-23-26-10-6-3-7-11-26/h3,6-7,10-15,24-25,28H,2,4-5,8-9,16-23H2,1H3,(H2,32,35). The van der Waals surface area contributed by atoms with E-state index in [1.807, 2.05) is 30.0 Å². The molecule has 0 spiro atoms. The molecule has 1 unspecified atom stereocenters. The first kappa shape index (κ1) is 27.0. The summed E-state index contributed by atoms with van der Waals surface area (Å²) in [4.78, 5) is 28.6. The highest BCUT2D eigenvalue weighted by molar-refractivity contribution is 5.78. The number of likely N-dealkylation sites (tertiary alicyclic amines) is 1. The van der Waals surface area contributed by atoms with Crippen LogP contribution in [-0.4, -0.2) is 42.4 Å². The largest absolute Gasteiger partial charge is 0.489 e. The van der Waals surface area contributed by atoms with E-state index in [1.54, 1.807) is 0 Å². The SMILES string of the molecule is CC(CC(N)=O)CC(=O)N1CCC(N(CC2CCCCC2)c2ccc(OCc3ccccc3)cc2)CC1. The monoisotopic (exact) mass is 505 g/mol. The molecule has 6 nitrogen and oxygen atoms in total. The lowest BCUT2D eigenvalue weighted by Gasteiger charge is -2.42. The summed E-state index contributed by atoms with van der Waals surface area (Å²) in [5.41, 5.74) is 7.72. The number of amides is 2. The predicted octanol–water partition coefficient (Wildman–Crippen LogP) is 5.54. The number of carbonyl (C=O) groups is 2. The molecule has 2 amide bonds. The zero-order valence-electron chi connectivity index (χ0n) is 22.3. The van der Waals surface area contributed by atoms with Crippen LogP contribution < -0.4 is 15.4 Å². The van der Waals surface area contributed by atoms with Gasteiger partial charge < -0.3 is 20.3 Å². The summed E-state index contributed by atoms with van der Waals surface area (Å²) in [5.74, 6) is 1.42. The molecule has 1 aliphatic heterocycles. The van der Waals surface area contributed by atoms with Gasteiger partial charge in [0.25, 0.3) is 0 Å². The number of nitrogens with zero attached hydrogens (tertiary/aromatic N) is 2. The van der Waals surface area contributed by atoms with Crippen LogP contribution in [0, 0.1) is 11.8 Å². The van der Waals surface area contributed by atoms with Crippen LogP contribution in [0.15, 0.2) is 54.6 Å². The summed E-state index contributed by atoms with van der Waals surface area (Å²) >= 11 is 0. The average molecular weight is 506 g/mol. The lowest BCUT2D eigenvalue weighted by molar-refractivity contribution is -0.133. The average Bonchev–Trinajstić information content (AvgIpc) is 2.92. The van der Waals surface area contributed by atoms with Crippen LogP contribution in [0.25, 0.3) is 0 Å². The Hall–Kier alpha value is -3.02. The number of piperidine rings is 1.